The first-order chi connectivity index (χ1) is 10.7. The highest BCUT2D eigenvalue weighted by Gasteiger charge is 2.27. The van der Waals surface area contributed by atoms with Crippen molar-refractivity contribution in [3.63, 3.8) is 0 Å². The average molecular weight is 369 g/mol. The van der Waals surface area contributed by atoms with Crippen LogP contribution in [0.5, 0.6) is 0 Å². The van der Waals surface area contributed by atoms with Crippen LogP contribution in [0.1, 0.15) is 18.1 Å². The molecule has 22 heavy (non-hydrogen) atoms. The fraction of sp³-hybridized carbons (Fsp3) is 0.562. The highest BCUT2D eigenvalue weighted by Crippen LogP contribution is 2.24. The second kappa shape index (κ2) is 7.55. The fourth-order valence-corrected chi connectivity index (χ4v) is 3.11. The molecule has 0 spiro atoms. The van der Waals surface area contributed by atoms with Gasteiger partial charge in [0.2, 0.25) is 5.91 Å². The van der Waals surface area contributed by atoms with Crippen LogP contribution in [0.4, 0.5) is 0 Å². The number of hydrogen-bond acceptors (Lipinski definition) is 4. The van der Waals surface area contributed by atoms with Gasteiger partial charge in [-0.2, -0.15) is 0 Å². The Morgan fingerprint density at radius 1 is 1.32 bits per heavy atom. The summed E-state index contributed by atoms with van der Waals surface area (Å²) < 4.78 is 12.3. The molecule has 1 N–H and O–H groups in total. The van der Waals surface area contributed by atoms with E-state index in [0.717, 1.165) is 23.2 Å². The van der Waals surface area contributed by atoms with E-state index < -0.39 is 0 Å². The van der Waals surface area contributed by atoms with Gasteiger partial charge in [0.05, 0.1) is 26.4 Å². The van der Waals surface area contributed by atoms with Crippen LogP contribution in [0.25, 0.3) is 0 Å². The number of morpholine rings is 2. The summed E-state index contributed by atoms with van der Waals surface area (Å²) in [5.41, 5.74) is 1.11. The van der Waals surface area contributed by atoms with Gasteiger partial charge in [0.25, 0.3) is 0 Å². The average Bonchev–Trinajstić information content (AvgIpc) is 2.56. The van der Waals surface area contributed by atoms with Crippen LogP contribution in [0.3, 0.4) is 0 Å². The molecule has 0 saturated carbocycles. The maximum absolute atomic E-state index is 12.5. The van der Waals surface area contributed by atoms with Crippen molar-refractivity contribution in [2.75, 3.05) is 39.5 Å². The number of nitrogens with one attached hydrogen (secondary N) is 1. The Morgan fingerprint density at radius 3 is 2.86 bits per heavy atom. The van der Waals surface area contributed by atoms with Crippen molar-refractivity contribution in [3.8, 4) is 0 Å². The second-order valence-electron chi connectivity index (χ2n) is 5.68. The maximum atomic E-state index is 12.5. The van der Waals surface area contributed by atoms with Crippen molar-refractivity contribution >= 4 is 21.8 Å². The first-order valence-corrected chi connectivity index (χ1v) is 8.47. The molecule has 120 valence electrons. The molecule has 0 aliphatic carbocycles. The van der Waals surface area contributed by atoms with Crippen LogP contribution in [0.2, 0.25) is 0 Å². The molecular formula is C16H21BrN2O3. The number of halogens is 1. The van der Waals surface area contributed by atoms with E-state index in [1.54, 1.807) is 0 Å². The Kier molecular flexibility index (Phi) is 5.46. The Bertz CT molecular complexity index is 503. The van der Waals surface area contributed by atoms with Crippen LogP contribution in [-0.4, -0.2) is 56.3 Å². The standard InChI is InChI=1S/C16H21BrN2O3/c17-13-3-1-12(2-4-13)15-10-19(6-8-22-15)16(20)9-14-11-21-7-5-18-14/h1-4,14-15,18H,5-11H2. The molecule has 6 heteroatoms. The minimum absolute atomic E-state index is 0.0404. The summed E-state index contributed by atoms with van der Waals surface area (Å²) >= 11 is 3.44. The number of benzene rings is 1. The van der Waals surface area contributed by atoms with Crippen LogP contribution in [-0.2, 0) is 14.3 Å². The zero-order valence-corrected chi connectivity index (χ0v) is 14.0. The van der Waals surface area contributed by atoms with Crippen molar-refractivity contribution in [3.05, 3.63) is 34.3 Å². The molecule has 2 unspecified atom stereocenters. The third-order valence-electron chi connectivity index (χ3n) is 4.08. The predicted molar refractivity (Wildman–Crippen MR) is 86.6 cm³/mol. The van der Waals surface area contributed by atoms with Gasteiger partial charge in [-0.3, -0.25) is 4.79 Å². The van der Waals surface area contributed by atoms with Crippen LogP contribution in [0.15, 0.2) is 28.7 Å². The molecule has 5 nitrogen and oxygen atoms in total. The van der Waals surface area contributed by atoms with Crippen LogP contribution in [0, 0.1) is 0 Å². The normalized spacial score (nSPS) is 26.0. The fourth-order valence-electron chi connectivity index (χ4n) is 2.85. The summed E-state index contributed by atoms with van der Waals surface area (Å²) in [7, 11) is 0. The summed E-state index contributed by atoms with van der Waals surface area (Å²) in [5, 5.41) is 3.33. The molecule has 0 bridgehead atoms. The monoisotopic (exact) mass is 368 g/mol. The first-order valence-electron chi connectivity index (χ1n) is 7.68. The first kappa shape index (κ1) is 15.9. The lowest BCUT2D eigenvalue weighted by molar-refractivity contribution is -0.140. The van der Waals surface area contributed by atoms with E-state index in [4.69, 9.17) is 9.47 Å². The Labute approximate surface area is 139 Å². The molecule has 0 radical (unpaired) electrons. The third kappa shape index (κ3) is 4.07. The van der Waals surface area contributed by atoms with Crippen molar-refractivity contribution in [1.29, 1.82) is 0 Å². The van der Waals surface area contributed by atoms with Gasteiger partial charge in [-0.05, 0) is 17.7 Å². The molecule has 2 fully saturated rings. The molecule has 2 saturated heterocycles. The smallest absolute Gasteiger partial charge is 0.224 e. The zero-order valence-electron chi connectivity index (χ0n) is 12.5. The zero-order chi connectivity index (χ0) is 15.4. The quantitative estimate of drug-likeness (QED) is 0.882. The van der Waals surface area contributed by atoms with Crippen molar-refractivity contribution in [1.82, 2.24) is 10.2 Å². The van der Waals surface area contributed by atoms with Gasteiger partial charge in [0, 0.05) is 30.0 Å². The largest absolute Gasteiger partial charge is 0.378 e. The molecule has 2 atom stereocenters. The molecule has 1 amide bonds. The maximum Gasteiger partial charge on any atom is 0.224 e. The molecule has 2 aliphatic heterocycles. The van der Waals surface area contributed by atoms with Crippen molar-refractivity contribution in [2.45, 2.75) is 18.6 Å². The van der Waals surface area contributed by atoms with Gasteiger partial charge in [-0.15, -0.1) is 0 Å². The van der Waals surface area contributed by atoms with E-state index in [-0.39, 0.29) is 18.1 Å². The number of carbonyl (C=O) groups excluding carboxylic acids is 1. The van der Waals surface area contributed by atoms with Crippen LogP contribution >= 0.6 is 15.9 Å². The molecule has 3 rings (SSSR count). The lowest BCUT2D eigenvalue weighted by Crippen LogP contribution is -2.48. The number of ether oxygens (including phenoxy) is 2. The lowest BCUT2D eigenvalue weighted by Gasteiger charge is -2.34. The summed E-state index contributed by atoms with van der Waals surface area (Å²) in [5.74, 6) is 0.174. The van der Waals surface area contributed by atoms with Gasteiger partial charge in [0.15, 0.2) is 0 Å². The van der Waals surface area contributed by atoms with E-state index in [1.165, 1.54) is 0 Å². The molecule has 2 aliphatic rings. The molecule has 1 aromatic carbocycles. The van der Waals surface area contributed by atoms with Gasteiger partial charge in [-0.1, -0.05) is 28.1 Å². The van der Waals surface area contributed by atoms with E-state index in [0.29, 0.717) is 32.7 Å². The summed E-state index contributed by atoms with van der Waals surface area (Å²) in [4.78, 5) is 14.4. The van der Waals surface area contributed by atoms with E-state index in [2.05, 4.69) is 21.2 Å². The van der Waals surface area contributed by atoms with Gasteiger partial charge in [0.1, 0.15) is 6.10 Å². The number of amides is 1. The number of nitrogens with zero attached hydrogens (tertiary/aromatic N) is 1. The molecular weight excluding hydrogens is 348 g/mol. The van der Waals surface area contributed by atoms with E-state index in [9.17, 15) is 4.79 Å². The summed E-state index contributed by atoms with van der Waals surface area (Å²) in [6.07, 6.45) is 0.453. The minimum atomic E-state index is -0.0404. The third-order valence-corrected chi connectivity index (χ3v) is 4.61. The van der Waals surface area contributed by atoms with Gasteiger partial charge < -0.3 is 19.7 Å². The number of rotatable bonds is 3. The Morgan fingerprint density at radius 2 is 2.14 bits per heavy atom. The Balaban J connectivity index is 1.57. The second-order valence-corrected chi connectivity index (χ2v) is 6.60. The van der Waals surface area contributed by atoms with Crippen LogP contribution < -0.4 is 5.32 Å². The SMILES string of the molecule is O=C(CC1COCCN1)N1CCOC(c2ccc(Br)cc2)C1. The number of carbonyl (C=O) groups is 1. The number of hydrogen-bond donors (Lipinski definition) is 1. The van der Waals surface area contributed by atoms with Gasteiger partial charge in [-0.25, -0.2) is 0 Å². The van der Waals surface area contributed by atoms with Crippen molar-refractivity contribution < 1.29 is 14.3 Å². The molecule has 0 aromatic heterocycles. The lowest BCUT2D eigenvalue weighted by atomic mass is 10.1. The summed E-state index contributed by atoms with van der Waals surface area (Å²) in [6.45, 7) is 4.04. The Hall–Kier alpha value is -0.950. The van der Waals surface area contributed by atoms with Crippen molar-refractivity contribution in [2.24, 2.45) is 0 Å². The van der Waals surface area contributed by atoms with E-state index >= 15 is 0 Å². The molecule has 2 heterocycles. The highest BCUT2D eigenvalue weighted by molar-refractivity contribution is 9.10. The highest BCUT2D eigenvalue weighted by atomic mass is 79.9. The van der Waals surface area contributed by atoms with Gasteiger partial charge >= 0.3 is 0 Å². The summed E-state index contributed by atoms with van der Waals surface area (Å²) in [6, 6.07) is 8.22. The topological polar surface area (TPSA) is 50.8 Å². The van der Waals surface area contributed by atoms with E-state index in [1.807, 2.05) is 29.2 Å². The minimum Gasteiger partial charge on any atom is -0.378 e. The predicted octanol–water partition coefficient (Wildman–Crippen LogP) is 1.73. The molecule has 1 aromatic rings.